The third-order valence-electron chi connectivity index (χ3n) is 1.60. The summed E-state index contributed by atoms with van der Waals surface area (Å²) in [5, 5.41) is 0. The van der Waals surface area contributed by atoms with Crippen LogP contribution in [0.2, 0.25) is 0 Å². The fourth-order valence-electron chi connectivity index (χ4n) is 1.01. The molecule has 0 bridgehead atoms. The van der Waals surface area contributed by atoms with Gasteiger partial charge in [-0.25, -0.2) is 0 Å². The molecule has 0 aliphatic rings. The monoisotopic (exact) mass is 182 g/mol. The Hall–Kier alpha value is -0.540. The molecular weight excluding hydrogens is 168 g/mol. The van der Waals surface area contributed by atoms with E-state index in [2.05, 4.69) is 18.0 Å². The highest BCUT2D eigenvalue weighted by molar-refractivity contribution is 7.99. The van der Waals surface area contributed by atoms with Crippen LogP contribution in [0.25, 0.3) is 0 Å². The maximum absolute atomic E-state index is 5.58. The maximum atomic E-state index is 5.58. The molecule has 12 heavy (non-hydrogen) atoms. The lowest BCUT2D eigenvalue weighted by Gasteiger charge is -2.05. The number of pyridine rings is 1. The standard InChI is InChI=1S/C9H14N2S/c1-3-12-9-4-7(2)11-6-8(9)5-10/h4,6H,3,5,10H2,1-2H3. The van der Waals surface area contributed by atoms with Crippen LogP contribution in [0.4, 0.5) is 0 Å². The number of aromatic nitrogens is 1. The predicted molar refractivity (Wildman–Crippen MR) is 53.3 cm³/mol. The van der Waals surface area contributed by atoms with E-state index in [1.165, 1.54) is 4.90 Å². The van der Waals surface area contributed by atoms with E-state index in [0.717, 1.165) is 17.0 Å². The Labute approximate surface area is 77.6 Å². The fraction of sp³-hybridized carbons (Fsp3) is 0.444. The molecule has 0 saturated heterocycles. The summed E-state index contributed by atoms with van der Waals surface area (Å²) in [6.45, 7) is 4.72. The molecule has 3 heteroatoms. The number of nitrogens with zero attached hydrogens (tertiary/aromatic N) is 1. The van der Waals surface area contributed by atoms with Crippen molar-refractivity contribution in [2.24, 2.45) is 5.73 Å². The van der Waals surface area contributed by atoms with Gasteiger partial charge in [0, 0.05) is 23.3 Å². The average molecular weight is 182 g/mol. The molecule has 0 spiro atoms. The second-order valence-corrected chi connectivity index (χ2v) is 3.88. The van der Waals surface area contributed by atoms with Crippen molar-refractivity contribution in [3.8, 4) is 0 Å². The van der Waals surface area contributed by atoms with Crippen molar-refractivity contribution in [2.45, 2.75) is 25.3 Å². The Kier molecular flexibility index (Phi) is 3.56. The number of rotatable bonds is 3. The van der Waals surface area contributed by atoms with Gasteiger partial charge in [0.25, 0.3) is 0 Å². The van der Waals surface area contributed by atoms with Crippen LogP contribution in [-0.2, 0) is 6.54 Å². The van der Waals surface area contributed by atoms with Crippen LogP contribution in [0.5, 0.6) is 0 Å². The molecule has 0 unspecified atom stereocenters. The molecule has 2 nitrogen and oxygen atoms in total. The Morgan fingerprint density at radius 2 is 2.33 bits per heavy atom. The van der Waals surface area contributed by atoms with Crippen molar-refractivity contribution in [1.82, 2.24) is 4.98 Å². The number of thioether (sulfide) groups is 1. The van der Waals surface area contributed by atoms with Gasteiger partial charge in [-0.3, -0.25) is 4.98 Å². The molecule has 0 aliphatic carbocycles. The van der Waals surface area contributed by atoms with Crippen molar-refractivity contribution in [3.05, 3.63) is 23.5 Å². The number of aryl methyl sites for hydroxylation is 1. The molecule has 0 saturated carbocycles. The van der Waals surface area contributed by atoms with Gasteiger partial charge in [0.15, 0.2) is 0 Å². The topological polar surface area (TPSA) is 38.9 Å². The van der Waals surface area contributed by atoms with Gasteiger partial charge in [-0.2, -0.15) is 0 Å². The van der Waals surface area contributed by atoms with E-state index in [0.29, 0.717) is 6.54 Å². The maximum Gasteiger partial charge on any atom is 0.0384 e. The summed E-state index contributed by atoms with van der Waals surface area (Å²) in [6.07, 6.45) is 1.87. The molecule has 0 atom stereocenters. The van der Waals surface area contributed by atoms with Crippen LogP contribution in [-0.4, -0.2) is 10.7 Å². The van der Waals surface area contributed by atoms with Gasteiger partial charge in [-0.15, -0.1) is 11.8 Å². The summed E-state index contributed by atoms with van der Waals surface area (Å²) in [6, 6.07) is 2.09. The van der Waals surface area contributed by atoms with Gasteiger partial charge >= 0.3 is 0 Å². The highest BCUT2D eigenvalue weighted by Crippen LogP contribution is 2.21. The largest absolute Gasteiger partial charge is 0.326 e. The quantitative estimate of drug-likeness (QED) is 0.726. The molecule has 66 valence electrons. The highest BCUT2D eigenvalue weighted by Gasteiger charge is 2.00. The summed E-state index contributed by atoms with van der Waals surface area (Å²) in [7, 11) is 0. The summed E-state index contributed by atoms with van der Waals surface area (Å²) in [5.74, 6) is 1.08. The minimum absolute atomic E-state index is 0.579. The van der Waals surface area contributed by atoms with Crippen LogP contribution in [0.15, 0.2) is 17.2 Å². The summed E-state index contributed by atoms with van der Waals surface area (Å²) in [4.78, 5) is 5.47. The molecule has 1 heterocycles. The van der Waals surface area contributed by atoms with Gasteiger partial charge in [0.1, 0.15) is 0 Å². The summed E-state index contributed by atoms with van der Waals surface area (Å²) < 4.78 is 0. The van der Waals surface area contributed by atoms with Gasteiger partial charge in [0.2, 0.25) is 0 Å². The zero-order valence-electron chi connectivity index (χ0n) is 7.50. The van der Waals surface area contributed by atoms with Crippen molar-refractivity contribution in [1.29, 1.82) is 0 Å². The van der Waals surface area contributed by atoms with Gasteiger partial charge < -0.3 is 5.73 Å². The molecular formula is C9H14N2S. The van der Waals surface area contributed by atoms with E-state index in [9.17, 15) is 0 Å². The Morgan fingerprint density at radius 3 is 2.92 bits per heavy atom. The molecule has 0 amide bonds. The summed E-state index contributed by atoms with van der Waals surface area (Å²) in [5.41, 5.74) is 7.78. The fourth-order valence-corrected chi connectivity index (χ4v) is 1.89. The van der Waals surface area contributed by atoms with E-state index in [4.69, 9.17) is 5.73 Å². The Bertz CT molecular complexity index is 261. The van der Waals surface area contributed by atoms with Crippen molar-refractivity contribution in [2.75, 3.05) is 5.75 Å². The first-order chi connectivity index (χ1) is 5.77. The van der Waals surface area contributed by atoms with Crippen LogP contribution in [0.3, 0.4) is 0 Å². The van der Waals surface area contributed by atoms with Crippen molar-refractivity contribution >= 4 is 11.8 Å². The minimum atomic E-state index is 0.579. The molecule has 1 aromatic rings. The molecule has 0 radical (unpaired) electrons. The second-order valence-electron chi connectivity index (χ2n) is 2.57. The van der Waals surface area contributed by atoms with Crippen LogP contribution in [0, 0.1) is 6.92 Å². The Balaban J connectivity index is 2.95. The highest BCUT2D eigenvalue weighted by atomic mass is 32.2. The lowest BCUT2D eigenvalue weighted by Crippen LogP contribution is -2.00. The summed E-state index contributed by atoms with van der Waals surface area (Å²) >= 11 is 1.82. The molecule has 2 N–H and O–H groups in total. The third-order valence-corrected chi connectivity index (χ3v) is 2.58. The molecule has 0 aliphatic heterocycles. The SMILES string of the molecule is CCSc1cc(C)ncc1CN. The molecule has 1 rings (SSSR count). The molecule has 0 aromatic carbocycles. The number of hydrogen-bond donors (Lipinski definition) is 1. The van der Waals surface area contributed by atoms with E-state index in [1.54, 1.807) is 0 Å². The second kappa shape index (κ2) is 4.48. The average Bonchev–Trinajstić information content (AvgIpc) is 2.05. The van der Waals surface area contributed by atoms with E-state index >= 15 is 0 Å². The Morgan fingerprint density at radius 1 is 1.58 bits per heavy atom. The van der Waals surface area contributed by atoms with Crippen molar-refractivity contribution in [3.63, 3.8) is 0 Å². The van der Waals surface area contributed by atoms with Crippen LogP contribution < -0.4 is 5.73 Å². The van der Waals surface area contributed by atoms with Gasteiger partial charge in [0.05, 0.1) is 0 Å². The van der Waals surface area contributed by atoms with E-state index in [1.807, 2.05) is 24.9 Å². The lowest BCUT2D eigenvalue weighted by atomic mass is 10.2. The van der Waals surface area contributed by atoms with Gasteiger partial charge in [-0.1, -0.05) is 6.92 Å². The zero-order chi connectivity index (χ0) is 8.97. The van der Waals surface area contributed by atoms with E-state index < -0.39 is 0 Å². The number of nitrogens with two attached hydrogens (primary N) is 1. The molecule has 1 aromatic heterocycles. The minimum Gasteiger partial charge on any atom is -0.326 e. The lowest BCUT2D eigenvalue weighted by molar-refractivity contribution is 0.984. The first-order valence-corrected chi connectivity index (χ1v) is 5.05. The first-order valence-electron chi connectivity index (χ1n) is 4.06. The van der Waals surface area contributed by atoms with Crippen LogP contribution >= 0.6 is 11.8 Å². The first kappa shape index (κ1) is 9.55. The van der Waals surface area contributed by atoms with Crippen molar-refractivity contribution < 1.29 is 0 Å². The van der Waals surface area contributed by atoms with Crippen LogP contribution in [0.1, 0.15) is 18.2 Å². The van der Waals surface area contributed by atoms with Gasteiger partial charge in [-0.05, 0) is 24.3 Å². The zero-order valence-corrected chi connectivity index (χ0v) is 8.32. The van der Waals surface area contributed by atoms with E-state index in [-0.39, 0.29) is 0 Å². The number of hydrogen-bond acceptors (Lipinski definition) is 3. The normalized spacial score (nSPS) is 10.2. The third kappa shape index (κ3) is 2.22. The smallest absolute Gasteiger partial charge is 0.0384 e. The molecule has 0 fully saturated rings. The predicted octanol–water partition coefficient (Wildman–Crippen LogP) is 1.96.